The molecular formula is C25H33N5O2. The van der Waals surface area contributed by atoms with E-state index in [2.05, 4.69) is 44.5 Å². The number of rotatable bonds is 7. The van der Waals surface area contributed by atoms with Crippen molar-refractivity contribution in [2.45, 2.75) is 58.0 Å². The zero-order chi connectivity index (χ0) is 21.8. The third-order valence-corrected chi connectivity index (χ3v) is 6.80. The number of nitrogens with zero attached hydrogens (tertiary/aromatic N) is 4. The van der Waals surface area contributed by atoms with Gasteiger partial charge in [0.1, 0.15) is 5.69 Å². The lowest BCUT2D eigenvalue weighted by molar-refractivity contribution is -0.115. The normalized spacial score (nSPS) is 19.6. The molecule has 2 fully saturated rings. The standard InChI is InChI=1S/C25H33N5O2/c31-23-17-30(16-21-10-6-9-20(13-21)15-29-11-4-5-12-29)24-22(27-23)14-26-25(28-24)32-18-19-7-2-1-3-8-19/h6,9-10,13-14,19H,1-5,7-8,11-12,15-18H2,(H,27,31). The van der Waals surface area contributed by atoms with Gasteiger partial charge in [0.05, 0.1) is 19.3 Å². The Kier molecular flexibility index (Phi) is 6.53. The highest BCUT2D eigenvalue weighted by Gasteiger charge is 2.25. The molecule has 7 heteroatoms. The Balaban J connectivity index is 1.29. The van der Waals surface area contributed by atoms with Crippen molar-refractivity contribution in [1.82, 2.24) is 14.9 Å². The summed E-state index contributed by atoms with van der Waals surface area (Å²) in [4.78, 5) is 25.9. The van der Waals surface area contributed by atoms with Gasteiger partial charge in [0.15, 0.2) is 5.82 Å². The highest BCUT2D eigenvalue weighted by Crippen LogP contribution is 2.30. The molecule has 3 aliphatic rings. The van der Waals surface area contributed by atoms with Crippen molar-refractivity contribution < 1.29 is 9.53 Å². The zero-order valence-electron chi connectivity index (χ0n) is 18.8. The van der Waals surface area contributed by atoms with Gasteiger partial charge in [-0.1, -0.05) is 43.5 Å². The van der Waals surface area contributed by atoms with E-state index in [1.807, 2.05) is 4.90 Å². The van der Waals surface area contributed by atoms with E-state index in [9.17, 15) is 4.79 Å². The predicted octanol–water partition coefficient (Wildman–Crippen LogP) is 3.99. The molecule has 5 rings (SSSR count). The monoisotopic (exact) mass is 435 g/mol. The van der Waals surface area contributed by atoms with Gasteiger partial charge in [-0.05, 0) is 55.8 Å². The Morgan fingerprint density at radius 2 is 1.81 bits per heavy atom. The van der Waals surface area contributed by atoms with Gasteiger partial charge < -0.3 is 15.0 Å². The van der Waals surface area contributed by atoms with Crippen LogP contribution in [0.15, 0.2) is 30.5 Å². The van der Waals surface area contributed by atoms with Gasteiger partial charge in [0, 0.05) is 13.1 Å². The molecule has 1 aromatic heterocycles. The molecular weight excluding hydrogens is 402 g/mol. The van der Waals surface area contributed by atoms with Crippen LogP contribution in [0.2, 0.25) is 0 Å². The topological polar surface area (TPSA) is 70.6 Å². The number of ether oxygens (including phenoxy) is 1. The van der Waals surface area contributed by atoms with E-state index in [-0.39, 0.29) is 12.5 Å². The summed E-state index contributed by atoms with van der Waals surface area (Å²) in [7, 11) is 0. The minimum Gasteiger partial charge on any atom is -0.463 e. The minimum absolute atomic E-state index is 0.0369. The van der Waals surface area contributed by atoms with Crippen molar-refractivity contribution in [3.05, 3.63) is 41.6 Å². The summed E-state index contributed by atoms with van der Waals surface area (Å²) in [5, 5.41) is 2.90. The summed E-state index contributed by atoms with van der Waals surface area (Å²) >= 11 is 0. The van der Waals surface area contributed by atoms with Crippen molar-refractivity contribution in [2.24, 2.45) is 5.92 Å². The second-order valence-electron chi connectivity index (χ2n) is 9.41. The molecule has 0 bridgehead atoms. The molecule has 1 saturated carbocycles. The number of nitrogens with one attached hydrogen (secondary N) is 1. The van der Waals surface area contributed by atoms with Crippen LogP contribution in [-0.2, 0) is 17.9 Å². The summed E-state index contributed by atoms with van der Waals surface area (Å²) in [5.74, 6) is 1.30. The maximum atomic E-state index is 12.3. The fraction of sp³-hybridized carbons (Fsp3) is 0.560. The first-order valence-corrected chi connectivity index (χ1v) is 12.1. The van der Waals surface area contributed by atoms with Gasteiger partial charge in [-0.3, -0.25) is 9.69 Å². The van der Waals surface area contributed by atoms with E-state index >= 15 is 0 Å². The first-order chi connectivity index (χ1) is 15.7. The number of carbonyl (C=O) groups excluding carboxylic acids is 1. The van der Waals surface area contributed by atoms with E-state index in [4.69, 9.17) is 4.74 Å². The quantitative estimate of drug-likeness (QED) is 0.709. The molecule has 0 atom stereocenters. The zero-order valence-corrected chi connectivity index (χ0v) is 18.8. The number of likely N-dealkylation sites (tertiary alicyclic amines) is 1. The third-order valence-electron chi connectivity index (χ3n) is 6.80. The first kappa shape index (κ1) is 21.2. The van der Waals surface area contributed by atoms with E-state index in [0.717, 1.165) is 12.4 Å². The van der Waals surface area contributed by atoms with Crippen LogP contribution in [0.1, 0.15) is 56.1 Å². The number of carbonyl (C=O) groups is 1. The van der Waals surface area contributed by atoms with Crippen LogP contribution in [-0.4, -0.2) is 47.0 Å². The molecule has 170 valence electrons. The van der Waals surface area contributed by atoms with Gasteiger partial charge in [-0.2, -0.15) is 4.98 Å². The van der Waals surface area contributed by atoms with Crippen LogP contribution < -0.4 is 15.0 Å². The first-order valence-electron chi connectivity index (χ1n) is 12.1. The second kappa shape index (κ2) is 9.86. The molecule has 7 nitrogen and oxygen atoms in total. The maximum absolute atomic E-state index is 12.3. The third kappa shape index (κ3) is 5.21. The second-order valence-corrected chi connectivity index (χ2v) is 9.41. The minimum atomic E-state index is -0.0369. The summed E-state index contributed by atoms with van der Waals surface area (Å²) < 4.78 is 5.96. The molecule has 3 heterocycles. The molecule has 1 N–H and O–H groups in total. The lowest BCUT2D eigenvalue weighted by atomic mass is 9.90. The van der Waals surface area contributed by atoms with E-state index in [0.29, 0.717) is 30.8 Å². The van der Waals surface area contributed by atoms with Crippen LogP contribution in [0.3, 0.4) is 0 Å². The SMILES string of the molecule is O=C1CN(Cc2cccc(CN3CCCC3)c2)c2nc(OCC3CCCCC3)ncc2N1. The number of anilines is 2. The molecule has 1 aliphatic carbocycles. The van der Waals surface area contributed by atoms with Gasteiger partial charge in [0.25, 0.3) is 0 Å². The molecule has 2 aromatic rings. The van der Waals surface area contributed by atoms with E-state index in [1.54, 1.807) is 6.20 Å². The Bertz CT molecular complexity index is 938. The van der Waals surface area contributed by atoms with Crippen molar-refractivity contribution in [3.8, 4) is 6.01 Å². The van der Waals surface area contributed by atoms with Gasteiger partial charge in [-0.15, -0.1) is 0 Å². The molecule has 1 saturated heterocycles. The van der Waals surface area contributed by atoms with Crippen LogP contribution in [0.4, 0.5) is 11.5 Å². The number of hydrogen-bond acceptors (Lipinski definition) is 6. The summed E-state index contributed by atoms with van der Waals surface area (Å²) in [6.07, 6.45) is 10.6. The van der Waals surface area contributed by atoms with Gasteiger partial charge in [0.2, 0.25) is 5.91 Å². The van der Waals surface area contributed by atoms with Gasteiger partial charge in [-0.25, -0.2) is 4.98 Å². The van der Waals surface area contributed by atoms with Gasteiger partial charge >= 0.3 is 6.01 Å². The Morgan fingerprint density at radius 1 is 1.03 bits per heavy atom. The molecule has 1 amide bonds. The van der Waals surface area contributed by atoms with Crippen LogP contribution in [0.25, 0.3) is 0 Å². The number of fused-ring (bicyclic) bond motifs is 1. The number of aromatic nitrogens is 2. The highest BCUT2D eigenvalue weighted by atomic mass is 16.5. The Labute approximate surface area is 190 Å². The van der Waals surface area contributed by atoms with Crippen LogP contribution in [0.5, 0.6) is 6.01 Å². The molecule has 1 aromatic carbocycles. The van der Waals surface area contributed by atoms with Crippen molar-refractivity contribution >= 4 is 17.4 Å². The van der Waals surface area contributed by atoms with Crippen LogP contribution >= 0.6 is 0 Å². The van der Waals surface area contributed by atoms with Crippen molar-refractivity contribution in [3.63, 3.8) is 0 Å². The molecule has 0 unspecified atom stereocenters. The Morgan fingerprint density at radius 3 is 2.62 bits per heavy atom. The fourth-order valence-corrected chi connectivity index (χ4v) is 5.12. The molecule has 2 aliphatic heterocycles. The average Bonchev–Trinajstić information content (AvgIpc) is 3.32. The average molecular weight is 436 g/mol. The van der Waals surface area contributed by atoms with Crippen molar-refractivity contribution in [2.75, 3.05) is 36.5 Å². The molecule has 0 radical (unpaired) electrons. The van der Waals surface area contributed by atoms with Crippen LogP contribution in [0, 0.1) is 5.92 Å². The fourth-order valence-electron chi connectivity index (χ4n) is 5.12. The highest BCUT2D eigenvalue weighted by molar-refractivity contribution is 6.00. The number of amides is 1. The summed E-state index contributed by atoms with van der Waals surface area (Å²) in [6.45, 7) is 4.95. The number of benzene rings is 1. The molecule has 0 spiro atoms. The number of hydrogen-bond donors (Lipinski definition) is 1. The summed E-state index contributed by atoms with van der Waals surface area (Å²) in [6, 6.07) is 9.09. The van der Waals surface area contributed by atoms with E-state index < -0.39 is 0 Å². The summed E-state index contributed by atoms with van der Waals surface area (Å²) in [5.41, 5.74) is 3.16. The Hall–Kier alpha value is -2.67. The lowest BCUT2D eigenvalue weighted by Gasteiger charge is -2.30. The smallest absolute Gasteiger partial charge is 0.318 e. The van der Waals surface area contributed by atoms with E-state index in [1.165, 1.54) is 69.2 Å². The largest absolute Gasteiger partial charge is 0.463 e. The van der Waals surface area contributed by atoms with Crippen molar-refractivity contribution in [1.29, 1.82) is 0 Å². The lowest BCUT2D eigenvalue weighted by Crippen LogP contribution is -2.38. The molecule has 32 heavy (non-hydrogen) atoms. The maximum Gasteiger partial charge on any atom is 0.318 e. The predicted molar refractivity (Wildman–Crippen MR) is 125 cm³/mol.